The van der Waals surface area contributed by atoms with E-state index in [0.29, 0.717) is 0 Å². The highest BCUT2D eigenvalue weighted by Gasteiger charge is 2.15. The Hall–Kier alpha value is -2.43. The molecule has 0 saturated carbocycles. The first-order valence-electron chi connectivity index (χ1n) is 9.82. The third-order valence-electron chi connectivity index (χ3n) is 3.70. The molecule has 0 spiro atoms. The fourth-order valence-electron chi connectivity index (χ4n) is 2.52. The van der Waals surface area contributed by atoms with Gasteiger partial charge in [-0.2, -0.15) is 0 Å². The molecule has 3 nitrogen and oxygen atoms in total. The summed E-state index contributed by atoms with van der Waals surface area (Å²) in [5, 5.41) is 0. The zero-order valence-electron chi connectivity index (χ0n) is 18.2. The zero-order valence-corrected chi connectivity index (χ0v) is 19.8. The predicted octanol–water partition coefficient (Wildman–Crippen LogP) is 7.25. The van der Waals surface area contributed by atoms with Crippen LogP contribution in [-0.2, 0) is 0 Å². The number of nitrogens with one attached hydrogen (secondary N) is 1. The van der Waals surface area contributed by atoms with Gasteiger partial charge >= 0.3 is 0 Å². The molecule has 29 heavy (non-hydrogen) atoms. The van der Waals surface area contributed by atoms with Crippen LogP contribution in [0.3, 0.4) is 0 Å². The van der Waals surface area contributed by atoms with Crippen molar-refractivity contribution in [1.82, 2.24) is 5.43 Å². The highest BCUT2D eigenvalue weighted by Crippen LogP contribution is 2.29. The molecule has 3 N–H and O–H groups in total. The van der Waals surface area contributed by atoms with Gasteiger partial charge in [0.15, 0.2) is 0 Å². The molecule has 0 aliphatic heterocycles. The van der Waals surface area contributed by atoms with Crippen molar-refractivity contribution < 1.29 is 0 Å². The minimum absolute atomic E-state index is 0.0158. The summed E-state index contributed by atoms with van der Waals surface area (Å²) in [6.45, 7) is 13.2. The van der Waals surface area contributed by atoms with E-state index < -0.39 is 0 Å². The average Bonchev–Trinajstić information content (AvgIpc) is 2.77. The van der Waals surface area contributed by atoms with Crippen molar-refractivity contribution in [2.75, 3.05) is 0 Å². The van der Waals surface area contributed by atoms with Crippen LogP contribution in [0.25, 0.3) is 5.70 Å². The molecular formula is C25H34BrN3. The van der Waals surface area contributed by atoms with Gasteiger partial charge in [0, 0.05) is 22.3 Å². The summed E-state index contributed by atoms with van der Waals surface area (Å²) in [7, 11) is 0. The van der Waals surface area contributed by atoms with E-state index in [0.717, 1.165) is 21.4 Å². The Kier molecular flexibility index (Phi) is 15.1. The van der Waals surface area contributed by atoms with E-state index in [-0.39, 0.29) is 5.92 Å². The lowest BCUT2D eigenvalue weighted by Gasteiger charge is -2.17. The van der Waals surface area contributed by atoms with Crippen LogP contribution in [0.2, 0.25) is 0 Å². The second-order valence-corrected chi connectivity index (χ2v) is 6.54. The number of nitrogens with zero attached hydrogens (tertiary/aromatic N) is 1. The number of benzene rings is 2. The van der Waals surface area contributed by atoms with Crippen molar-refractivity contribution in [3.8, 4) is 0 Å². The number of aliphatic imine (C=N–C) groups is 1. The summed E-state index contributed by atoms with van der Waals surface area (Å²) >= 11 is 3.46. The monoisotopic (exact) mass is 455 g/mol. The zero-order chi connectivity index (χ0) is 22.1. The van der Waals surface area contributed by atoms with Gasteiger partial charge in [-0.15, -0.1) is 6.58 Å². The largest absolute Gasteiger partial charge is 0.324 e. The Morgan fingerprint density at radius 1 is 1.03 bits per heavy atom. The van der Waals surface area contributed by atoms with Crippen LogP contribution < -0.4 is 11.3 Å². The van der Waals surface area contributed by atoms with E-state index in [1.54, 1.807) is 6.08 Å². The standard InChI is InChI=1S/C20H22BrN3.C3H6.C2H6/c1-3-19(23-4-2)18(15-8-6-5-7-9-15)14-20(24-22)16-10-12-17(21)13-11-16;1-3-2;1-2/h3-14,18,24H,22H2,1-2H3;3H,1H2,2H3;1-2H3/b19-3-,20-14-,23-4?;;. The van der Waals surface area contributed by atoms with Crippen LogP contribution in [0.4, 0.5) is 0 Å². The number of allylic oxidation sites excluding steroid dienone is 3. The maximum atomic E-state index is 5.80. The first kappa shape index (κ1) is 26.6. The lowest BCUT2D eigenvalue weighted by Crippen LogP contribution is -2.21. The third-order valence-corrected chi connectivity index (χ3v) is 4.22. The number of hydrogen-bond acceptors (Lipinski definition) is 3. The van der Waals surface area contributed by atoms with E-state index in [2.05, 4.69) is 51.1 Å². The second-order valence-electron chi connectivity index (χ2n) is 5.63. The van der Waals surface area contributed by atoms with Crippen LogP contribution in [-0.4, -0.2) is 6.21 Å². The molecule has 0 aromatic heterocycles. The summed E-state index contributed by atoms with van der Waals surface area (Å²) in [6, 6.07) is 18.3. The van der Waals surface area contributed by atoms with E-state index in [1.165, 1.54) is 5.56 Å². The van der Waals surface area contributed by atoms with E-state index in [9.17, 15) is 0 Å². The Morgan fingerprint density at radius 3 is 2.03 bits per heavy atom. The van der Waals surface area contributed by atoms with Gasteiger partial charge in [0.25, 0.3) is 0 Å². The molecule has 0 bridgehead atoms. The molecule has 2 aromatic rings. The van der Waals surface area contributed by atoms with Crippen molar-refractivity contribution in [2.45, 2.75) is 40.5 Å². The number of halogens is 1. The number of hydrazine groups is 1. The highest BCUT2D eigenvalue weighted by atomic mass is 79.9. The summed E-state index contributed by atoms with van der Waals surface area (Å²) in [5.41, 5.74) is 6.86. The third kappa shape index (κ3) is 9.55. The molecule has 2 rings (SSSR count). The molecule has 0 saturated heterocycles. The Balaban J connectivity index is 0.00000143. The van der Waals surface area contributed by atoms with Gasteiger partial charge in [0.05, 0.1) is 5.70 Å². The molecule has 1 unspecified atom stereocenters. The second kappa shape index (κ2) is 16.5. The van der Waals surface area contributed by atoms with Crippen LogP contribution in [0.15, 0.2) is 94.6 Å². The fraction of sp³-hybridized carbons (Fsp3) is 0.240. The molecule has 2 aromatic carbocycles. The maximum absolute atomic E-state index is 5.80. The molecule has 4 heteroatoms. The van der Waals surface area contributed by atoms with Crippen LogP contribution >= 0.6 is 15.9 Å². The molecular weight excluding hydrogens is 422 g/mol. The maximum Gasteiger partial charge on any atom is 0.0527 e. The van der Waals surface area contributed by atoms with Gasteiger partial charge < -0.3 is 5.43 Å². The van der Waals surface area contributed by atoms with Gasteiger partial charge in [0.2, 0.25) is 0 Å². The number of hydrogen-bond donors (Lipinski definition) is 2. The van der Waals surface area contributed by atoms with Crippen LogP contribution in [0, 0.1) is 0 Å². The molecule has 0 heterocycles. The summed E-state index contributed by atoms with van der Waals surface area (Å²) in [4.78, 5) is 4.53. The van der Waals surface area contributed by atoms with Gasteiger partial charge in [-0.25, -0.2) is 0 Å². The Labute approximate surface area is 185 Å². The molecule has 0 aliphatic rings. The predicted molar refractivity (Wildman–Crippen MR) is 134 cm³/mol. The van der Waals surface area contributed by atoms with E-state index in [4.69, 9.17) is 5.84 Å². The first-order chi connectivity index (χ1) is 14.1. The van der Waals surface area contributed by atoms with Gasteiger partial charge in [-0.05, 0) is 50.1 Å². The fourth-order valence-corrected chi connectivity index (χ4v) is 2.78. The van der Waals surface area contributed by atoms with E-state index in [1.807, 2.05) is 89.4 Å². The minimum Gasteiger partial charge on any atom is -0.324 e. The molecule has 0 aliphatic carbocycles. The quantitative estimate of drug-likeness (QED) is 0.208. The topological polar surface area (TPSA) is 50.4 Å². The highest BCUT2D eigenvalue weighted by molar-refractivity contribution is 9.10. The Morgan fingerprint density at radius 2 is 1.59 bits per heavy atom. The molecule has 0 amide bonds. The SMILES string of the molecule is C=CC.CC.CC=N/C(=C\C)C(/C=C(\NN)c1ccc(Br)cc1)c1ccccc1. The van der Waals surface area contributed by atoms with Crippen molar-refractivity contribution in [3.05, 3.63) is 101 Å². The minimum atomic E-state index is 0.0158. The molecule has 0 radical (unpaired) electrons. The smallest absolute Gasteiger partial charge is 0.0527 e. The molecule has 0 fully saturated rings. The normalized spacial score (nSPS) is 12.2. The number of rotatable bonds is 6. The summed E-state index contributed by atoms with van der Waals surface area (Å²) in [6.07, 6.45) is 7.71. The molecule has 156 valence electrons. The van der Waals surface area contributed by atoms with Crippen molar-refractivity contribution in [2.24, 2.45) is 10.8 Å². The first-order valence-corrected chi connectivity index (χ1v) is 10.6. The summed E-state index contributed by atoms with van der Waals surface area (Å²) < 4.78 is 1.03. The van der Waals surface area contributed by atoms with Crippen molar-refractivity contribution in [3.63, 3.8) is 0 Å². The van der Waals surface area contributed by atoms with Crippen molar-refractivity contribution in [1.29, 1.82) is 0 Å². The van der Waals surface area contributed by atoms with Crippen LogP contribution in [0.5, 0.6) is 0 Å². The Bertz CT molecular complexity index is 775. The van der Waals surface area contributed by atoms with E-state index >= 15 is 0 Å². The van der Waals surface area contributed by atoms with Gasteiger partial charge in [0.1, 0.15) is 0 Å². The van der Waals surface area contributed by atoms with Gasteiger partial charge in [-0.3, -0.25) is 10.8 Å². The molecule has 1 atom stereocenters. The average molecular weight is 456 g/mol. The lowest BCUT2D eigenvalue weighted by atomic mass is 9.93. The van der Waals surface area contributed by atoms with Crippen LogP contribution in [0.1, 0.15) is 51.7 Å². The van der Waals surface area contributed by atoms with Gasteiger partial charge in [-0.1, -0.05) is 84.4 Å². The lowest BCUT2D eigenvalue weighted by molar-refractivity contribution is 0.931. The summed E-state index contributed by atoms with van der Waals surface area (Å²) in [5.74, 6) is 5.81. The van der Waals surface area contributed by atoms with Crippen molar-refractivity contribution >= 4 is 27.8 Å². The number of nitrogens with two attached hydrogens (primary N) is 1.